The van der Waals surface area contributed by atoms with E-state index in [9.17, 15) is 0 Å². The van der Waals surface area contributed by atoms with E-state index in [1.165, 1.54) is 16.7 Å². The lowest BCUT2D eigenvalue weighted by Crippen LogP contribution is -2.08. The molecule has 15 heavy (non-hydrogen) atoms. The number of ether oxygens (including phenoxy) is 1. The summed E-state index contributed by atoms with van der Waals surface area (Å²) in [5, 5.41) is 0. The van der Waals surface area contributed by atoms with Crippen molar-refractivity contribution in [3.05, 3.63) is 28.8 Å². The molecule has 0 fully saturated rings. The summed E-state index contributed by atoms with van der Waals surface area (Å²) in [6.07, 6.45) is 0. The molecule has 1 aromatic carbocycles. The summed E-state index contributed by atoms with van der Waals surface area (Å²) >= 11 is 0. The minimum Gasteiger partial charge on any atom is -0.496 e. The van der Waals surface area contributed by atoms with Gasteiger partial charge in [-0.15, -0.1) is 0 Å². The van der Waals surface area contributed by atoms with Gasteiger partial charge >= 0.3 is 0 Å². The molecule has 0 aromatic heterocycles. The van der Waals surface area contributed by atoms with Crippen molar-refractivity contribution in [3.63, 3.8) is 0 Å². The third-order valence-corrected chi connectivity index (χ3v) is 2.73. The molecule has 0 saturated carbocycles. The van der Waals surface area contributed by atoms with Crippen LogP contribution < -0.4 is 10.5 Å². The molecular formula is C13H21NO. The second-order valence-corrected chi connectivity index (χ2v) is 4.39. The van der Waals surface area contributed by atoms with Crippen molar-refractivity contribution in [2.45, 2.75) is 39.7 Å². The van der Waals surface area contributed by atoms with E-state index in [0.717, 1.165) is 5.75 Å². The van der Waals surface area contributed by atoms with Gasteiger partial charge < -0.3 is 10.5 Å². The second kappa shape index (κ2) is 4.67. The van der Waals surface area contributed by atoms with Crippen LogP contribution in [0.3, 0.4) is 0 Å². The van der Waals surface area contributed by atoms with E-state index in [4.69, 9.17) is 10.5 Å². The highest BCUT2D eigenvalue weighted by Crippen LogP contribution is 2.31. The van der Waals surface area contributed by atoms with E-state index in [0.29, 0.717) is 5.92 Å². The van der Waals surface area contributed by atoms with Gasteiger partial charge in [0.05, 0.1) is 7.11 Å². The number of benzene rings is 1. The smallest absolute Gasteiger partial charge is 0.122 e. The molecule has 0 spiro atoms. The molecule has 0 radical (unpaired) electrons. The Labute approximate surface area is 92.4 Å². The summed E-state index contributed by atoms with van der Waals surface area (Å²) in [6.45, 7) is 8.42. The van der Waals surface area contributed by atoms with Gasteiger partial charge in [-0.05, 0) is 42.5 Å². The van der Waals surface area contributed by atoms with Gasteiger partial charge in [-0.1, -0.05) is 19.9 Å². The van der Waals surface area contributed by atoms with Crippen LogP contribution in [0, 0.1) is 6.92 Å². The molecule has 0 aliphatic rings. The lowest BCUT2D eigenvalue weighted by molar-refractivity contribution is 0.407. The number of aryl methyl sites for hydroxylation is 1. The third kappa shape index (κ3) is 2.51. The van der Waals surface area contributed by atoms with Gasteiger partial charge in [-0.25, -0.2) is 0 Å². The standard InChI is InChI=1S/C13H21NO/c1-8(2)11-7-12(10(4)14)9(3)6-13(11)15-5/h6-8,10H,14H2,1-5H3. The van der Waals surface area contributed by atoms with Crippen LogP contribution in [0.2, 0.25) is 0 Å². The molecule has 0 heterocycles. The quantitative estimate of drug-likeness (QED) is 0.826. The summed E-state index contributed by atoms with van der Waals surface area (Å²) in [4.78, 5) is 0. The normalized spacial score (nSPS) is 13.0. The first-order chi connectivity index (χ1) is 6.97. The van der Waals surface area contributed by atoms with Gasteiger partial charge in [0.1, 0.15) is 5.75 Å². The van der Waals surface area contributed by atoms with Gasteiger partial charge in [0.15, 0.2) is 0 Å². The summed E-state index contributed by atoms with van der Waals surface area (Å²) in [7, 11) is 1.71. The fourth-order valence-corrected chi connectivity index (χ4v) is 1.83. The molecule has 1 unspecified atom stereocenters. The maximum atomic E-state index is 5.93. The number of hydrogen-bond donors (Lipinski definition) is 1. The van der Waals surface area contributed by atoms with Crippen molar-refractivity contribution in [2.75, 3.05) is 7.11 Å². The number of rotatable bonds is 3. The Morgan fingerprint density at radius 2 is 1.73 bits per heavy atom. The highest BCUT2D eigenvalue weighted by molar-refractivity contribution is 5.44. The Morgan fingerprint density at radius 1 is 1.13 bits per heavy atom. The van der Waals surface area contributed by atoms with E-state index in [-0.39, 0.29) is 6.04 Å². The van der Waals surface area contributed by atoms with Crippen LogP contribution in [0.5, 0.6) is 5.75 Å². The molecule has 1 atom stereocenters. The Hall–Kier alpha value is -1.02. The van der Waals surface area contributed by atoms with Gasteiger partial charge in [-0.3, -0.25) is 0 Å². The Balaban J connectivity index is 3.30. The van der Waals surface area contributed by atoms with E-state index in [2.05, 4.69) is 32.9 Å². The highest BCUT2D eigenvalue weighted by Gasteiger charge is 2.12. The first kappa shape index (κ1) is 12.1. The maximum absolute atomic E-state index is 5.93. The van der Waals surface area contributed by atoms with Crippen LogP contribution in [-0.2, 0) is 0 Å². The first-order valence-electron chi connectivity index (χ1n) is 5.41. The molecule has 2 nitrogen and oxygen atoms in total. The third-order valence-electron chi connectivity index (χ3n) is 2.73. The van der Waals surface area contributed by atoms with Gasteiger partial charge in [0.25, 0.3) is 0 Å². The van der Waals surface area contributed by atoms with Crippen molar-refractivity contribution in [1.82, 2.24) is 0 Å². The fourth-order valence-electron chi connectivity index (χ4n) is 1.83. The molecule has 0 amide bonds. The minimum absolute atomic E-state index is 0.0772. The van der Waals surface area contributed by atoms with E-state index >= 15 is 0 Å². The van der Waals surface area contributed by atoms with Crippen molar-refractivity contribution in [1.29, 1.82) is 0 Å². The second-order valence-electron chi connectivity index (χ2n) is 4.39. The first-order valence-corrected chi connectivity index (χ1v) is 5.41. The van der Waals surface area contributed by atoms with Crippen molar-refractivity contribution in [2.24, 2.45) is 5.73 Å². The zero-order valence-corrected chi connectivity index (χ0v) is 10.3. The van der Waals surface area contributed by atoms with E-state index in [1.54, 1.807) is 7.11 Å². The van der Waals surface area contributed by atoms with Gasteiger partial charge in [0.2, 0.25) is 0 Å². The predicted octanol–water partition coefficient (Wildman–Crippen LogP) is 3.15. The largest absolute Gasteiger partial charge is 0.496 e. The Bertz CT molecular complexity index is 343. The number of nitrogens with two attached hydrogens (primary N) is 1. The fraction of sp³-hybridized carbons (Fsp3) is 0.538. The monoisotopic (exact) mass is 207 g/mol. The molecule has 84 valence electrons. The van der Waals surface area contributed by atoms with Crippen molar-refractivity contribution < 1.29 is 4.74 Å². The topological polar surface area (TPSA) is 35.2 Å². The lowest BCUT2D eigenvalue weighted by atomic mass is 9.94. The Morgan fingerprint density at radius 3 is 2.13 bits per heavy atom. The molecule has 0 aliphatic carbocycles. The van der Waals surface area contributed by atoms with Crippen LogP contribution in [-0.4, -0.2) is 7.11 Å². The van der Waals surface area contributed by atoms with Gasteiger partial charge in [-0.2, -0.15) is 0 Å². The van der Waals surface area contributed by atoms with E-state index < -0.39 is 0 Å². The molecule has 2 N–H and O–H groups in total. The molecule has 0 aliphatic heterocycles. The molecule has 1 aromatic rings. The van der Waals surface area contributed by atoms with Crippen LogP contribution in [0.25, 0.3) is 0 Å². The van der Waals surface area contributed by atoms with Crippen molar-refractivity contribution in [3.8, 4) is 5.75 Å². The average molecular weight is 207 g/mol. The van der Waals surface area contributed by atoms with E-state index in [1.807, 2.05) is 6.92 Å². The summed E-state index contributed by atoms with van der Waals surface area (Å²) in [5.74, 6) is 1.42. The number of methoxy groups -OCH3 is 1. The van der Waals surface area contributed by atoms with Crippen LogP contribution in [0.4, 0.5) is 0 Å². The Kier molecular flexibility index (Phi) is 3.75. The van der Waals surface area contributed by atoms with Crippen LogP contribution in [0.15, 0.2) is 12.1 Å². The van der Waals surface area contributed by atoms with Crippen LogP contribution >= 0.6 is 0 Å². The molecule has 2 heteroatoms. The molecule has 1 rings (SSSR count). The zero-order valence-electron chi connectivity index (χ0n) is 10.3. The average Bonchev–Trinajstić information content (AvgIpc) is 2.16. The molecule has 0 bridgehead atoms. The molecule has 0 saturated heterocycles. The lowest BCUT2D eigenvalue weighted by Gasteiger charge is -2.17. The van der Waals surface area contributed by atoms with Gasteiger partial charge in [0, 0.05) is 6.04 Å². The predicted molar refractivity (Wildman–Crippen MR) is 64.4 cm³/mol. The maximum Gasteiger partial charge on any atom is 0.122 e. The zero-order chi connectivity index (χ0) is 11.6. The minimum atomic E-state index is 0.0772. The molecular weight excluding hydrogens is 186 g/mol. The SMILES string of the molecule is COc1cc(C)c(C(C)N)cc1C(C)C. The number of hydrogen-bond acceptors (Lipinski definition) is 2. The summed E-state index contributed by atoms with van der Waals surface area (Å²) in [6, 6.07) is 4.32. The summed E-state index contributed by atoms with van der Waals surface area (Å²) < 4.78 is 5.38. The summed E-state index contributed by atoms with van der Waals surface area (Å²) in [5.41, 5.74) is 9.57. The van der Waals surface area contributed by atoms with Crippen LogP contribution in [0.1, 0.15) is 49.4 Å². The van der Waals surface area contributed by atoms with Crippen molar-refractivity contribution >= 4 is 0 Å². The highest BCUT2D eigenvalue weighted by atomic mass is 16.5.